The summed E-state index contributed by atoms with van der Waals surface area (Å²) in [6, 6.07) is 18.1. The third-order valence-electron chi connectivity index (χ3n) is 3.44. The van der Waals surface area contributed by atoms with Crippen molar-refractivity contribution in [1.82, 2.24) is 0 Å². The van der Waals surface area contributed by atoms with Crippen LogP contribution >= 0.6 is 0 Å². The molecule has 0 bridgehead atoms. The Hall–Kier alpha value is -3.94. The summed E-state index contributed by atoms with van der Waals surface area (Å²) in [5, 5.41) is 18.9. The van der Waals surface area contributed by atoms with Crippen LogP contribution in [0.4, 0.5) is 28.4 Å². The molecular formula is C18H15N5O3. The van der Waals surface area contributed by atoms with Gasteiger partial charge in [0.25, 0.3) is 5.69 Å². The van der Waals surface area contributed by atoms with Gasteiger partial charge in [0.05, 0.1) is 22.0 Å². The van der Waals surface area contributed by atoms with E-state index in [9.17, 15) is 10.1 Å². The Morgan fingerprint density at radius 3 is 2.38 bits per heavy atom. The number of hydrogen-bond acceptors (Lipinski definition) is 7. The Morgan fingerprint density at radius 1 is 0.885 bits per heavy atom. The number of non-ortho nitro benzene ring substituents is 1. The van der Waals surface area contributed by atoms with Crippen LogP contribution in [-0.4, -0.2) is 4.92 Å². The lowest BCUT2D eigenvalue weighted by Crippen LogP contribution is -1.95. The van der Waals surface area contributed by atoms with E-state index in [-0.39, 0.29) is 5.69 Å². The first-order valence-electron chi connectivity index (χ1n) is 7.61. The van der Waals surface area contributed by atoms with E-state index in [0.717, 1.165) is 0 Å². The van der Waals surface area contributed by atoms with Crippen LogP contribution in [0.15, 0.2) is 77.0 Å². The second-order valence-corrected chi connectivity index (χ2v) is 5.34. The highest BCUT2D eigenvalue weighted by atomic mass is 16.6. The monoisotopic (exact) mass is 349 g/mol. The van der Waals surface area contributed by atoms with Crippen molar-refractivity contribution < 1.29 is 9.66 Å². The third-order valence-corrected chi connectivity index (χ3v) is 3.44. The minimum Gasteiger partial charge on any atom is -0.455 e. The van der Waals surface area contributed by atoms with E-state index >= 15 is 0 Å². The summed E-state index contributed by atoms with van der Waals surface area (Å²) < 4.78 is 5.74. The van der Waals surface area contributed by atoms with Gasteiger partial charge in [-0.1, -0.05) is 24.3 Å². The number of nitro benzene ring substituents is 1. The van der Waals surface area contributed by atoms with Crippen molar-refractivity contribution in [2.24, 2.45) is 10.2 Å². The molecule has 130 valence electrons. The summed E-state index contributed by atoms with van der Waals surface area (Å²) >= 11 is 0. The molecule has 0 spiro atoms. The smallest absolute Gasteiger partial charge is 0.271 e. The van der Waals surface area contributed by atoms with Crippen LogP contribution in [0.3, 0.4) is 0 Å². The highest BCUT2D eigenvalue weighted by Gasteiger charge is 2.09. The molecule has 8 heteroatoms. The van der Waals surface area contributed by atoms with Crippen LogP contribution < -0.4 is 16.2 Å². The summed E-state index contributed by atoms with van der Waals surface area (Å²) in [7, 11) is 0. The predicted molar refractivity (Wildman–Crippen MR) is 99.1 cm³/mol. The van der Waals surface area contributed by atoms with E-state index in [4.69, 9.17) is 16.2 Å². The van der Waals surface area contributed by atoms with Crippen LogP contribution in [0.5, 0.6) is 11.5 Å². The Bertz CT molecular complexity index is 974. The Kier molecular flexibility index (Phi) is 4.75. The number of hydrogen-bond donors (Lipinski definition) is 2. The molecule has 0 aliphatic carbocycles. The van der Waals surface area contributed by atoms with Crippen LogP contribution in [0, 0.1) is 10.1 Å². The summed E-state index contributed by atoms with van der Waals surface area (Å²) in [5.74, 6) is 1.00. The zero-order chi connectivity index (χ0) is 18.5. The first kappa shape index (κ1) is 16.9. The molecule has 3 rings (SSSR count). The fraction of sp³-hybridized carbons (Fsp3) is 0. The Morgan fingerprint density at radius 2 is 1.65 bits per heavy atom. The van der Waals surface area contributed by atoms with Crippen LogP contribution in [0.2, 0.25) is 0 Å². The van der Waals surface area contributed by atoms with E-state index in [1.54, 1.807) is 24.3 Å². The number of benzene rings is 3. The van der Waals surface area contributed by atoms with Gasteiger partial charge in [-0.2, -0.15) is 5.11 Å². The van der Waals surface area contributed by atoms with Gasteiger partial charge in [-0.05, 0) is 24.3 Å². The molecule has 0 saturated heterocycles. The van der Waals surface area contributed by atoms with Crippen molar-refractivity contribution in [1.29, 1.82) is 0 Å². The second-order valence-electron chi connectivity index (χ2n) is 5.34. The van der Waals surface area contributed by atoms with Crippen LogP contribution in [-0.2, 0) is 0 Å². The van der Waals surface area contributed by atoms with E-state index in [1.807, 2.05) is 18.2 Å². The van der Waals surface area contributed by atoms with Gasteiger partial charge in [-0.25, -0.2) is 0 Å². The first-order valence-corrected chi connectivity index (χ1v) is 7.61. The number of para-hydroxylation sites is 1. The molecule has 8 nitrogen and oxygen atoms in total. The zero-order valence-electron chi connectivity index (χ0n) is 13.6. The predicted octanol–water partition coefficient (Wildman–Crippen LogP) is 4.97. The fourth-order valence-electron chi connectivity index (χ4n) is 2.17. The quantitative estimate of drug-likeness (QED) is 0.291. The van der Waals surface area contributed by atoms with E-state index < -0.39 is 4.92 Å². The van der Waals surface area contributed by atoms with Gasteiger partial charge in [0.15, 0.2) is 5.75 Å². The zero-order valence-corrected chi connectivity index (χ0v) is 13.6. The maximum Gasteiger partial charge on any atom is 0.271 e. The molecule has 0 aliphatic heterocycles. The second kappa shape index (κ2) is 7.31. The summed E-state index contributed by atoms with van der Waals surface area (Å²) in [5.41, 5.74) is 13.2. The highest BCUT2D eigenvalue weighted by molar-refractivity contribution is 5.73. The standard InChI is InChI=1S/C18H15N5O3/c19-15-10-16(20)18(26-14-7-2-1-3-8-14)11-17(15)22-21-12-5-4-6-13(9-12)23(24)25/h1-11H,19-20H2. The molecule has 0 heterocycles. The summed E-state index contributed by atoms with van der Waals surface area (Å²) in [6.45, 7) is 0. The highest BCUT2D eigenvalue weighted by Crippen LogP contribution is 2.36. The van der Waals surface area contributed by atoms with Crippen molar-refractivity contribution >= 4 is 28.4 Å². The van der Waals surface area contributed by atoms with Crippen molar-refractivity contribution in [3.63, 3.8) is 0 Å². The maximum absolute atomic E-state index is 10.8. The summed E-state index contributed by atoms with van der Waals surface area (Å²) in [4.78, 5) is 10.3. The molecule has 26 heavy (non-hydrogen) atoms. The van der Waals surface area contributed by atoms with Gasteiger partial charge < -0.3 is 16.2 Å². The van der Waals surface area contributed by atoms with Gasteiger partial charge in [-0.3, -0.25) is 10.1 Å². The van der Waals surface area contributed by atoms with E-state index in [2.05, 4.69) is 10.2 Å². The van der Waals surface area contributed by atoms with Gasteiger partial charge in [-0.15, -0.1) is 5.11 Å². The first-order chi connectivity index (χ1) is 12.5. The third kappa shape index (κ3) is 3.93. The van der Waals surface area contributed by atoms with Gasteiger partial charge >= 0.3 is 0 Å². The average molecular weight is 349 g/mol. The van der Waals surface area contributed by atoms with E-state index in [1.165, 1.54) is 24.3 Å². The van der Waals surface area contributed by atoms with Crippen molar-refractivity contribution in [2.75, 3.05) is 11.5 Å². The molecule has 0 unspecified atom stereocenters. The molecule has 0 aliphatic rings. The Labute approximate surface area is 148 Å². The largest absolute Gasteiger partial charge is 0.455 e. The molecule has 3 aromatic carbocycles. The topological polar surface area (TPSA) is 129 Å². The Balaban J connectivity index is 1.89. The number of ether oxygens (including phenoxy) is 1. The molecule has 0 radical (unpaired) electrons. The van der Waals surface area contributed by atoms with Crippen LogP contribution in [0.1, 0.15) is 0 Å². The lowest BCUT2D eigenvalue weighted by Gasteiger charge is -2.10. The lowest BCUT2D eigenvalue weighted by molar-refractivity contribution is -0.384. The number of rotatable bonds is 5. The van der Waals surface area contributed by atoms with E-state index in [0.29, 0.717) is 34.2 Å². The molecule has 0 fully saturated rings. The maximum atomic E-state index is 10.8. The van der Waals surface area contributed by atoms with Crippen LogP contribution in [0.25, 0.3) is 0 Å². The number of nitrogen functional groups attached to an aromatic ring is 2. The molecule has 3 aromatic rings. The number of azo groups is 1. The van der Waals surface area contributed by atoms with Gasteiger partial charge in [0.1, 0.15) is 11.4 Å². The fourth-order valence-corrected chi connectivity index (χ4v) is 2.17. The minimum absolute atomic E-state index is 0.0696. The van der Waals surface area contributed by atoms with Crippen molar-refractivity contribution in [2.45, 2.75) is 0 Å². The number of nitrogens with zero attached hydrogens (tertiary/aromatic N) is 3. The number of anilines is 2. The van der Waals surface area contributed by atoms with Crippen molar-refractivity contribution in [3.8, 4) is 11.5 Å². The number of nitrogens with two attached hydrogens (primary N) is 2. The van der Waals surface area contributed by atoms with Gasteiger partial charge in [0.2, 0.25) is 0 Å². The summed E-state index contributed by atoms with van der Waals surface area (Å²) in [6.07, 6.45) is 0. The normalized spacial score (nSPS) is 10.8. The minimum atomic E-state index is -0.498. The SMILES string of the molecule is Nc1cc(N)c(Oc2ccccc2)cc1N=Nc1cccc([N+](=O)[O-])c1. The number of nitro groups is 1. The van der Waals surface area contributed by atoms with Crippen molar-refractivity contribution in [3.05, 3.63) is 76.8 Å². The van der Waals surface area contributed by atoms with Gasteiger partial charge in [0, 0.05) is 18.2 Å². The average Bonchev–Trinajstić information content (AvgIpc) is 2.64. The molecule has 0 amide bonds. The molecular weight excluding hydrogens is 334 g/mol. The lowest BCUT2D eigenvalue weighted by atomic mass is 10.2. The molecule has 0 aromatic heterocycles. The molecule has 4 N–H and O–H groups in total. The molecule has 0 atom stereocenters. The molecule has 0 saturated carbocycles.